The highest BCUT2D eigenvalue weighted by molar-refractivity contribution is 7.11. The van der Waals surface area contributed by atoms with E-state index in [1.807, 2.05) is 6.92 Å². The lowest BCUT2D eigenvalue weighted by Crippen LogP contribution is -2.30. The fourth-order valence-corrected chi connectivity index (χ4v) is 2.75. The van der Waals surface area contributed by atoms with Crippen molar-refractivity contribution >= 4 is 11.3 Å². The van der Waals surface area contributed by atoms with E-state index in [0.29, 0.717) is 0 Å². The number of hydrogen-bond donors (Lipinski definition) is 1. The molecule has 16 heavy (non-hydrogen) atoms. The van der Waals surface area contributed by atoms with Crippen LogP contribution in [0.25, 0.3) is 0 Å². The van der Waals surface area contributed by atoms with Crippen LogP contribution in [0.15, 0.2) is 6.33 Å². The highest BCUT2D eigenvalue weighted by Gasteiger charge is 2.19. The average molecular weight is 235 g/mol. The van der Waals surface area contributed by atoms with Gasteiger partial charge in [-0.3, -0.25) is 4.90 Å². The lowest BCUT2D eigenvalue weighted by atomic mass is 10.1. The Labute approximate surface area is 97.5 Å². The first-order valence-corrected chi connectivity index (χ1v) is 6.15. The summed E-state index contributed by atoms with van der Waals surface area (Å²) in [5.41, 5.74) is 2.46. The molecule has 0 bridgehead atoms. The molecule has 0 saturated heterocycles. The number of aromatic nitrogens is 4. The summed E-state index contributed by atoms with van der Waals surface area (Å²) in [5, 5.41) is 10.3. The fourth-order valence-electron chi connectivity index (χ4n) is 2.00. The predicted molar refractivity (Wildman–Crippen MR) is 61.1 cm³/mol. The number of nitrogens with one attached hydrogen (secondary N) is 1. The van der Waals surface area contributed by atoms with Gasteiger partial charge in [0.05, 0.1) is 24.3 Å². The van der Waals surface area contributed by atoms with Gasteiger partial charge in [-0.15, -0.1) is 21.5 Å². The van der Waals surface area contributed by atoms with Crippen molar-refractivity contribution in [2.45, 2.75) is 26.4 Å². The number of fused-ring (bicyclic) bond motifs is 1. The van der Waals surface area contributed by atoms with Crippen LogP contribution in [0.5, 0.6) is 0 Å². The van der Waals surface area contributed by atoms with Gasteiger partial charge >= 0.3 is 0 Å². The summed E-state index contributed by atoms with van der Waals surface area (Å²) in [6.45, 7) is 4.87. The van der Waals surface area contributed by atoms with Crippen LogP contribution in [0, 0.1) is 6.92 Å². The van der Waals surface area contributed by atoms with Crippen LogP contribution < -0.4 is 0 Å². The number of nitrogens with zero attached hydrogens (tertiary/aromatic N) is 4. The minimum Gasteiger partial charge on any atom is -0.347 e. The maximum absolute atomic E-state index is 4.29. The molecule has 0 aromatic carbocycles. The third-order valence-electron chi connectivity index (χ3n) is 2.78. The SMILES string of the molecule is Cc1nnc(CN2CCc3nc[nH]c3C2)s1. The Morgan fingerprint density at radius 1 is 1.50 bits per heavy atom. The summed E-state index contributed by atoms with van der Waals surface area (Å²) in [5.74, 6) is 0. The quantitative estimate of drug-likeness (QED) is 0.847. The molecule has 0 aliphatic carbocycles. The van der Waals surface area contributed by atoms with Crippen LogP contribution in [0.2, 0.25) is 0 Å². The molecule has 1 aliphatic rings. The molecule has 0 fully saturated rings. The monoisotopic (exact) mass is 235 g/mol. The third kappa shape index (κ3) is 1.85. The van der Waals surface area contributed by atoms with E-state index in [1.165, 1.54) is 11.4 Å². The molecular weight excluding hydrogens is 222 g/mol. The summed E-state index contributed by atoms with van der Waals surface area (Å²) in [6, 6.07) is 0. The van der Waals surface area contributed by atoms with E-state index in [-0.39, 0.29) is 0 Å². The molecule has 0 unspecified atom stereocenters. The Kier molecular flexibility index (Phi) is 2.45. The Balaban J connectivity index is 1.70. The van der Waals surface area contributed by atoms with Gasteiger partial charge < -0.3 is 4.98 Å². The van der Waals surface area contributed by atoms with E-state index < -0.39 is 0 Å². The molecule has 84 valence electrons. The molecular formula is C10H13N5S. The van der Waals surface area contributed by atoms with Crippen molar-refractivity contribution in [2.24, 2.45) is 0 Å². The van der Waals surface area contributed by atoms with E-state index in [9.17, 15) is 0 Å². The highest BCUT2D eigenvalue weighted by Crippen LogP contribution is 2.18. The molecule has 1 aliphatic heterocycles. The van der Waals surface area contributed by atoms with Crippen molar-refractivity contribution in [2.75, 3.05) is 6.54 Å². The summed E-state index contributed by atoms with van der Waals surface area (Å²) in [6.07, 6.45) is 2.81. The van der Waals surface area contributed by atoms with Gasteiger partial charge in [-0.25, -0.2) is 4.98 Å². The van der Waals surface area contributed by atoms with Crippen molar-refractivity contribution in [3.63, 3.8) is 0 Å². The van der Waals surface area contributed by atoms with Gasteiger partial charge in [0.15, 0.2) is 0 Å². The minimum absolute atomic E-state index is 0.893. The lowest BCUT2D eigenvalue weighted by molar-refractivity contribution is 0.240. The molecule has 5 nitrogen and oxygen atoms in total. The van der Waals surface area contributed by atoms with Gasteiger partial charge in [0, 0.05) is 19.5 Å². The van der Waals surface area contributed by atoms with Gasteiger partial charge in [-0.1, -0.05) is 0 Å². The third-order valence-corrected chi connectivity index (χ3v) is 3.60. The molecule has 0 spiro atoms. The summed E-state index contributed by atoms with van der Waals surface area (Å²) >= 11 is 1.68. The second-order valence-electron chi connectivity index (χ2n) is 4.00. The zero-order valence-corrected chi connectivity index (χ0v) is 9.92. The molecule has 0 saturated carbocycles. The van der Waals surface area contributed by atoms with Crippen molar-refractivity contribution < 1.29 is 0 Å². The van der Waals surface area contributed by atoms with Crippen molar-refractivity contribution in [1.82, 2.24) is 25.1 Å². The van der Waals surface area contributed by atoms with Crippen LogP contribution in [0.3, 0.4) is 0 Å². The summed E-state index contributed by atoms with van der Waals surface area (Å²) in [4.78, 5) is 9.86. The molecule has 0 atom stereocenters. The molecule has 0 radical (unpaired) electrons. The van der Waals surface area contributed by atoms with Crippen LogP contribution in [0.1, 0.15) is 21.4 Å². The standard InChI is InChI=1S/C10H13N5S/c1-7-13-14-10(16-7)5-15-3-2-8-9(4-15)12-6-11-8/h6H,2-5H2,1H3,(H,11,12). The smallest absolute Gasteiger partial charge is 0.131 e. The Bertz CT molecular complexity index is 489. The predicted octanol–water partition coefficient (Wildman–Crippen LogP) is 1.13. The van der Waals surface area contributed by atoms with E-state index in [2.05, 4.69) is 25.1 Å². The molecule has 2 aromatic rings. The van der Waals surface area contributed by atoms with Crippen LogP contribution in [-0.4, -0.2) is 31.6 Å². The van der Waals surface area contributed by atoms with Gasteiger partial charge in [0.2, 0.25) is 0 Å². The Morgan fingerprint density at radius 3 is 3.25 bits per heavy atom. The Morgan fingerprint density at radius 2 is 2.44 bits per heavy atom. The second kappa shape index (κ2) is 3.95. The molecule has 1 N–H and O–H groups in total. The molecule has 3 rings (SSSR count). The minimum atomic E-state index is 0.893. The average Bonchev–Trinajstić information content (AvgIpc) is 2.87. The lowest BCUT2D eigenvalue weighted by Gasteiger charge is -2.24. The number of imidazole rings is 1. The maximum Gasteiger partial charge on any atom is 0.131 e. The first-order chi connectivity index (χ1) is 7.81. The first-order valence-electron chi connectivity index (χ1n) is 5.34. The number of aromatic amines is 1. The molecule has 6 heteroatoms. The summed E-state index contributed by atoms with van der Waals surface area (Å²) < 4.78 is 0. The van der Waals surface area contributed by atoms with Crippen molar-refractivity contribution in [3.8, 4) is 0 Å². The van der Waals surface area contributed by atoms with E-state index in [0.717, 1.165) is 36.1 Å². The van der Waals surface area contributed by atoms with Gasteiger partial charge in [0.1, 0.15) is 10.0 Å². The normalized spacial score (nSPS) is 16.3. The highest BCUT2D eigenvalue weighted by atomic mass is 32.1. The Hall–Kier alpha value is -1.27. The van der Waals surface area contributed by atoms with Gasteiger partial charge in [-0.05, 0) is 6.92 Å². The van der Waals surface area contributed by atoms with Gasteiger partial charge in [0.25, 0.3) is 0 Å². The second-order valence-corrected chi connectivity index (χ2v) is 5.27. The molecule has 3 heterocycles. The zero-order valence-electron chi connectivity index (χ0n) is 9.10. The van der Waals surface area contributed by atoms with Crippen molar-refractivity contribution in [3.05, 3.63) is 27.7 Å². The fraction of sp³-hybridized carbons (Fsp3) is 0.500. The number of H-pyrrole nitrogens is 1. The van der Waals surface area contributed by atoms with E-state index >= 15 is 0 Å². The number of hydrogen-bond acceptors (Lipinski definition) is 5. The van der Waals surface area contributed by atoms with Gasteiger partial charge in [-0.2, -0.15) is 0 Å². The topological polar surface area (TPSA) is 57.7 Å². The van der Waals surface area contributed by atoms with Crippen LogP contribution >= 0.6 is 11.3 Å². The molecule has 0 amide bonds. The molecule has 2 aromatic heterocycles. The number of aryl methyl sites for hydroxylation is 1. The largest absolute Gasteiger partial charge is 0.347 e. The first kappa shape index (κ1) is 9.92. The summed E-state index contributed by atoms with van der Waals surface area (Å²) in [7, 11) is 0. The maximum atomic E-state index is 4.29. The van der Waals surface area contributed by atoms with Crippen LogP contribution in [-0.2, 0) is 19.5 Å². The van der Waals surface area contributed by atoms with Crippen molar-refractivity contribution in [1.29, 1.82) is 0 Å². The van der Waals surface area contributed by atoms with Crippen LogP contribution in [0.4, 0.5) is 0 Å². The zero-order chi connectivity index (χ0) is 11.0. The number of rotatable bonds is 2. The van der Waals surface area contributed by atoms with E-state index in [4.69, 9.17) is 0 Å². The van der Waals surface area contributed by atoms with E-state index in [1.54, 1.807) is 17.7 Å².